The quantitative estimate of drug-likeness (QED) is 0.380. The van der Waals surface area contributed by atoms with E-state index in [0.717, 1.165) is 44.8 Å². The first-order valence-corrected chi connectivity index (χ1v) is 9.53. The van der Waals surface area contributed by atoms with Gasteiger partial charge in [0.15, 0.2) is 0 Å². The first-order valence-electron chi connectivity index (χ1n) is 7.01. The van der Waals surface area contributed by atoms with Crippen LogP contribution < -0.4 is 0 Å². The van der Waals surface area contributed by atoms with Crippen molar-refractivity contribution in [2.24, 2.45) is 0 Å². The summed E-state index contributed by atoms with van der Waals surface area (Å²) in [5, 5.41) is 0. The summed E-state index contributed by atoms with van der Waals surface area (Å²) >= 11 is 0. The Morgan fingerprint density at radius 3 is 2.22 bits per heavy atom. The van der Waals surface area contributed by atoms with Gasteiger partial charge in [-0.2, -0.15) is 0 Å². The van der Waals surface area contributed by atoms with Crippen LogP contribution in [0.4, 0.5) is 8.78 Å². The van der Waals surface area contributed by atoms with Crippen molar-refractivity contribution in [3.63, 3.8) is 0 Å². The SMILES string of the molecule is CCC[Si](C)(OC)OCCCCCCCC(F)F. The van der Waals surface area contributed by atoms with E-state index in [4.69, 9.17) is 8.85 Å². The Hall–Kier alpha value is -0.00312. The summed E-state index contributed by atoms with van der Waals surface area (Å²) in [5.41, 5.74) is 0. The first-order chi connectivity index (χ1) is 8.54. The lowest BCUT2D eigenvalue weighted by molar-refractivity contribution is 0.133. The molecular formula is C13H28F2O2Si. The molecule has 0 saturated heterocycles. The lowest BCUT2D eigenvalue weighted by Gasteiger charge is -2.24. The predicted octanol–water partition coefficient (Wildman–Crippen LogP) is 4.74. The zero-order chi connectivity index (χ0) is 13.9. The normalized spacial score (nSPS) is 15.0. The number of halogens is 2. The zero-order valence-corrected chi connectivity index (χ0v) is 13.0. The Morgan fingerprint density at radius 1 is 1.06 bits per heavy atom. The maximum absolute atomic E-state index is 11.9. The van der Waals surface area contributed by atoms with E-state index in [1.54, 1.807) is 7.11 Å². The van der Waals surface area contributed by atoms with E-state index < -0.39 is 15.0 Å². The van der Waals surface area contributed by atoms with Gasteiger partial charge in [0, 0.05) is 20.1 Å². The molecule has 0 rings (SSSR count). The van der Waals surface area contributed by atoms with E-state index in [9.17, 15) is 8.78 Å². The second-order valence-electron chi connectivity index (χ2n) is 4.88. The number of unbranched alkanes of at least 4 members (excludes halogenated alkanes) is 4. The van der Waals surface area contributed by atoms with Gasteiger partial charge >= 0.3 is 8.56 Å². The van der Waals surface area contributed by atoms with Crippen molar-refractivity contribution >= 4 is 8.56 Å². The van der Waals surface area contributed by atoms with Crippen molar-refractivity contribution < 1.29 is 17.6 Å². The Morgan fingerprint density at radius 2 is 1.67 bits per heavy atom. The summed E-state index contributed by atoms with van der Waals surface area (Å²) in [5.74, 6) is 0. The summed E-state index contributed by atoms with van der Waals surface area (Å²) in [6, 6.07) is 1.03. The molecule has 2 nitrogen and oxygen atoms in total. The fourth-order valence-corrected chi connectivity index (χ4v) is 3.86. The summed E-state index contributed by atoms with van der Waals surface area (Å²) < 4.78 is 35.1. The number of alkyl halides is 2. The molecule has 1 atom stereocenters. The minimum Gasteiger partial charge on any atom is -0.398 e. The lowest BCUT2D eigenvalue weighted by Crippen LogP contribution is -2.37. The van der Waals surface area contributed by atoms with E-state index >= 15 is 0 Å². The van der Waals surface area contributed by atoms with Gasteiger partial charge in [0.05, 0.1) is 0 Å². The molecule has 0 N–H and O–H groups in total. The largest absolute Gasteiger partial charge is 0.398 e. The predicted molar refractivity (Wildman–Crippen MR) is 73.4 cm³/mol. The van der Waals surface area contributed by atoms with Gasteiger partial charge in [-0.15, -0.1) is 0 Å². The van der Waals surface area contributed by atoms with E-state index in [-0.39, 0.29) is 6.42 Å². The van der Waals surface area contributed by atoms with Gasteiger partial charge in [0.2, 0.25) is 6.43 Å². The van der Waals surface area contributed by atoms with Crippen molar-refractivity contribution in [1.82, 2.24) is 0 Å². The van der Waals surface area contributed by atoms with Gasteiger partial charge in [0.1, 0.15) is 0 Å². The van der Waals surface area contributed by atoms with Crippen LogP contribution in [0, 0.1) is 0 Å². The minimum absolute atomic E-state index is 0.0433. The van der Waals surface area contributed by atoms with Gasteiger partial charge in [-0.05, 0) is 25.4 Å². The Labute approximate surface area is 111 Å². The van der Waals surface area contributed by atoms with Crippen LogP contribution in [0.1, 0.15) is 51.9 Å². The van der Waals surface area contributed by atoms with Gasteiger partial charge in [-0.25, -0.2) is 8.78 Å². The lowest BCUT2D eigenvalue weighted by atomic mass is 10.1. The molecule has 0 aromatic carbocycles. The molecule has 0 radical (unpaired) electrons. The molecule has 0 spiro atoms. The standard InChI is InChI=1S/C13H28F2O2Si/c1-4-12-18(3,16-2)17-11-9-7-5-6-8-10-13(14)15/h13H,4-12H2,1-3H3. The summed E-state index contributed by atoms with van der Waals surface area (Å²) in [6.45, 7) is 4.97. The van der Waals surface area contributed by atoms with Crippen molar-refractivity contribution in [1.29, 1.82) is 0 Å². The average Bonchev–Trinajstić information content (AvgIpc) is 2.32. The van der Waals surface area contributed by atoms with Crippen LogP contribution in [0.3, 0.4) is 0 Å². The minimum atomic E-state index is -2.14. The maximum atomic E-state index is 11.9. The smallest absolute Gasteiger partial charge is 0.334 e. The highest BCUT2D eigenvalue weighted by Crippen LogP contribution is 2.16. The van der Waals surface area contributed by atoms with Crippen LogP contribution in [-0.4, -0.2) is 28.7 Å². The molecule has 0 aliphatic carbocycles. The van der Waals surface area contributed by atoms with Crippen molar-refractivity contribution in [3.8, 4) is 0 Å². The van der Waals surface area contributed by atoms with E-state index in [1.807, 2.05) is 0 Å². The van der Waals surface area contributed by atoms with Crippen molar-refractivity contribution in [2.45, 2.75) is 70.9 Å². The van der Waals surface area contributed by atoms with Crippen LogP contribution in [0.2, 0.25) is 12.6 Å². The van der Waals surface area contributed by atoms with Gasteiger partial charge in [-0.1, -0.05) is 32.6 Å². The molecule has 110 valence electrons. The Balaban J connectivity index is 3.38. The fraction of sp³-hybridized carbons (Fsp3) is 1.00. The zero-order valence-electron chi connectivity index (χ0n) is 12.0. The van der Waals surface area contributed by atoms with Crippen LogP contribution >= 0.6 is 0 Å². The van der Waals surface area contributed by atoms with Crippen LogP contribution in [0.25, 0.3) is 0 Å². The van der Waals surface area contributed by atoms with Gasteiger partial charge < -0.3 is 8.85 Å². The molecule has 0 aliphatic rings. The van der Waals surface area contributed by atoms with E-state index in [2.05, 4.69) is 13.5 Å². The van der Waals surface area contributed by atoms with Crippen LogP contribution in [-0.2, 0) is 8.85 Å². The molecular weight excluding hydrogens is 254 g/mol. The van der Waals surface area contributed by atoms with E-state index in [0.29, 0.717) is 6.42 Å². The Bertz CT molecular complexity index is 194. The highest BCUT2D eigenvalue weighted by Gasteiger charge is 2.28. The summed E-state index contributed by atoms with van der Waals surface area (Å²) in [6.07, 6.45) is 3.61. The molecule has 18 heavy (non-hydrogen) atoms. The number of rotatable bonds is 12. The van der Waals surface area contributed by atoms with Crippen molar-refractivity contribution in [2.75, 3.05) is 13.7 Å². The summed E-state index contributed by atoms with van der Waals surface area (Å²) in [7, 11) is -0.184. The molecule has 0 amide bonds. The molecule has 0 heterocycles. The van der Waals surface area contributed by atoms with Crippen molar-refractivity contribution in [3.05, 3.63) is 0 Å². The highest BCUT2D eigenvalue weighted by molar-refractivity contribution is 6.65. The molecule has 0 saturated carbocycles. The van der Waals surface area contributed by atoms with Crippen LogP contribution in [0.15, 0.2) is 0 Å². The van der Waals surface area contributed by atoms with Gasteiger partial charge in [0.25, 0.3) is 0 Å². The first kappa shape index (κ1) is 18.0. The monoisotopic (exact) mass is 282 g/mol. The Kier molecular flexibility index (Phi) is 10.9. The van der Waals surface area contributed by atoms with Gasteiger partial charge in [-0.3, -0.25) is 0 Å². The molecule has 5 heteroatoms. The third-order valence-electron chi connectivity index (χ3n) is 3.11. The average molecular weight is 282 g/mol. The second kappa shape index (κ2) is 10.9. The fourth-order valence-electron chi connectivity index (χ4n) is 1.91. The van der Waals surface area contributed by atoms with E-state index in [1.165, 1.54) is 0 Å². The highest BCUT2D eigenvalue weighted by atomic mass is 28.4. The third kappa shape index (κ3) is 9.97. The topological polar surface area (TPSA) is 18.5 Å². The molecule has 0 fully saturated rings. The molecule has 0 aromatic rings. The molecule has 0 aliphatic heterocycles. The number of hydrogen-bond acceptors (Lipinski definition) is 2. The molecule has 1 unspecified atom stereocenters. The summed E-state index contributed by atoms with van der Waals surface area (Å²) in [4.78, 5) is 0. The van der Waals surface area contributed by atoms with Crippen LogP contribution in [0.5, 0.6) is 0 Å². The maximum Gasteiger partial charge on any atom is 0.334 e. The number of hydrogen-bond donors (Lipinski definition) is 0. The third-order valence-corrected chi connectivity index (χ3v) is 6.20. The molecule has 0 bridgehead atoms. The second-order valence-corrected chi connectivity index (χ2v) is 8.35. The molecule has 0 aromatic heterocycles.